The van der Waals surface area contributed by atoms with Crippen LogP contribution in [0.15, 0.2) is 29.2 Å². The summed E-state index contributed by atoms with van der Waals surface area (Å²) in [5.74, 6) is -4.53. The Kier molecular flexibility index (Phi) is 6.92. The standard InChI is InChI=1S/C16H22O7S/c1-3-10(9-14(16(19)20)13(4-2)15(17)18)11-5-7-12(8-6-11)24(21,22)23/h5-8,10,13-14H,3-4,9H2,1-2H3,(H,17,18)(H,19,20)(H,21,22,23). The number of hydrogen-bond acceptors (Lipinski definition) is 4. The molecule has 0 aliphatic rings. The van der Waals surface area contributed by atoms with Gasteiger partial charge in [0.2, 0.25) is 0 Å². The molecule has 1 aromatic rings. The van der Waals surface area contributed by atoms with Crippen LogP contribution in [-0.2, 0) is 19.7 Å². The number of rotatable bonds is 9. The Morgan fingerprint density at radius 3 is 1.79 bits per heavy atom. The molecular formula is C16H22O7S. The molecule has 0 heterocycles. The van der Waals surface area contributed by atoms with Gasteiger partial charge < -0.3 is 10.2 Å². The molecular weight excluding hydrogens is 336 g/mol. The van der Waals surface area contributed by atoms with Crippen molar-refractivity contribution >= 4 is 22.1 Å². The first kappa shape index (κ1) is 20.1. The molecule has 0 aromatic heterocycles. The van der Waals surface area contributed by atoms with Gasteiger partial charge in [-0.05, 0) is 42.9 Å². The molecule has 0 spiro atoms. The minimum Gasteiger partial charge on any atom is -0.481 e. The van der Waals surface area contributed by atoms with Gasteiger partial charge >= 0.3 is 11.9 Å². The minimum absolute atomic E-state index is 0.141. The van der Waals surface area contributed by atoms with Crippen LogP contribution in [0, 0.1) is 11.8 Å². The van der Waals surface area contributed by atoms with Crippen molar-refractivity contribution in [3.05, 3.63) is 29.8 Å². The van der Waals surface area contributed by atoms with Gasteiger partial charge in [-0.2, -0.15) is 8.42 Å². The van der Waals surface area contributed by atoms with Crippen LogP contribution >= 0.6 is 0 Å². The first-order valence-corrected chi connectivity index (χ1v) is 9.08. The molecule has 3 atom stereocenters. The van der Waals surface area contributed by atoms with Gasteiger partial charge in [-0.3, -0.25) is 14.1 Å². The lowest BCUT2D eigenvalue weighted by atomic mass is 9.79. The van der Waals surface area contributed by atoms with E-state index in [9.17, 15) is 28.2 Å². The molecule has 1 rings (SSSR count). The molecule has 0 aliphatic heterocycles. The highest BCUT2D eigenvalue weighted by Crippen LogP contribution is 2.32. The molecule has 0 bridgehead atoms. The van der Waals surface area contributed by atoms with E-state index in [1.807, 2.05) is 6.92 Å². The molecule has 0 amide bonds. The number of carbonyl (C=O) groups is 2. The van der Waals surface area contributed by atoms with Crippen LogP contribution in [-0.4, -0.2) is 35.1 Å². The Morgan fingerprint density at radius 2 is 1.46 bits per heavy atom. The summed E-state index contributed by atoms with van der Waals surface area (Å²) in [6, 6.07) is 5.52. The summed E-state index contributed by atoms with van der Waals surface area (Å²) in [7, 11) is -4.29. The zero-order chi connectivity index (χ0) is 18.5. The van der Waals surface area contributed by atoms with Crippen LogP contribution in [0.3, 0.4) is 0 Å². The molecule has 0 saturated heterocycles. The Labute approximate surface area is 141 Å². The van der Waals surface area contributed by atoms with Gasteiger partial charge in [0.25, 0.3) is 10.1 Å². The second-order valence-corrected chi connectivity index (χ2v) is 7.10. The van der Waals surface area contributed by atoms with E-state index in [0.29, 0.717) is 12.0 Å². The Balaban J connectivity index is 3.07. The van der Waals surface area contributed by atoms with Crippen molar-refractivity contribution in [2.45, 2.75) is 43.9 Å². The van der Waals surface area contributed by atoms with E-state index in [-0.39, 0.29) is 23.7 Å². The molecule has 8 heteroatoms. The fourth-order valence-corrected chi connectivity index (χ4v) is 3.31. The number of hydrogen-bond donors (Lipinski definition) is 3. The van der Waals surface area contributed by atoms with E-state index in [4.69, 9.17) is 4.55 Å². The maximum absolute atomic E-state index is 11.5. The molecule has 0 fully saturated rings. The van der Waals surface area contributed by atoms with E-state index in [2.05, 4.69) is 0 Å². The van der Waals surface area contributed by atoms with Crippen LogP contribution in [0.1, 0.15) is 44.6 Å². The number of carboxylic acids is 2. The van der Waals surface area contributed by atoms with Crippen LogP contribution in [0.25, 0.3) is 0 Å². The maximum Gasteiger partial charge on any atom is 0.307 e. The van der Waals surface area contributed by atoms with Gasteiger partial charge in [-0.25, -0.2) is 0 Å². The average Bonchev–Trinajstić information content (AvgIpc) is 2.50. The number of benzene rings is 1. The van der Waals surface area contributed by atoms with Gasteiger partial charge in [0.15, 0.2) is 0 Å². The molecule has 0 radical (unpaired) electrons. The summed E-state index contributed by atoms with van der Waals surface area (Å²) in [5.41, 5.74) is 0.705. The highest BCUT2D eigenvalue weighted by Gasteiger charge is 2.34. The quantitative estimate of drug-likeness (QED) is 0.579. The summed E-state index contributed by atoms with van der Waals surface area (Å²) < 4.78 is 31.1. The number of aliphatic carboxylic acids is 2. The number of carboxylic acid groups (broad SMARTS) is 2. The average molecular weight is 358 g/mol. The van der Waals surface area contributed by atoms with Gasteiger partial charge in [0, 0.05) is 0 Å². The topological polar surface area (TPSA) is 129 Å². The molecule has 0 saturated carbocycles. The van der Waals surface area contributed by atoms with E-state index in [1.165, 1.54) is 24.3 Å². The molecule has 3 unspecified atom stereocenters. The largest absolute Gasteiger partial charge is 0.481 e. The zero-order valence-corrected chi connectivity index (χ0v) is 14.4. The molecule has 0 aliphatic carbocycles. The van der Waals surface area contributed by atoms with Gasteiger partial charge in [0.05, 0.1) is 16.7 Å². The smallest absolute Gasteiger partial charge is 0.307 e. The monoisotopic (exact) mass is 358 g/mol. The van der Waals surface area contributed by atoms with Crippen molar-refractivity contribution in [1.82, 2.24) is 0 Å². The third kappa shape index (κ3) is 5.04. The van der Waals surface area contributed by atoms with Crippen molar-refractivity contribution in [2.75, 3.05) is 0 Å². The predicted molar refractivity (Wildman–Crippen MR) is 86.4 cm³/mol. The second kappa shape index (κ2) is 8.25. The lowest BCUT2D eigenvalue weighted by molar-refractivity contribution is -0.154. The Hall–Kier alpha value is -1.93. The van der Waals surface area contributed by atoms with E-state index < -0.39 is 33.9 Å². The van der Waals surface area contributed by atoms with E-state index >= 15 is 0 Å². The van der Waals surface area contributed by atoms with Crippen molar-refractivity contribution < 1.29 is 32.8 Å². The first-order valence-electron chi connectivity index (χ1n) is 7.64. The normalized spacial score (nSPS) is 15.5. The SMILES string of the molecule is CCC(CC(C(=O)O)C(CC)C(=O)O)c1ccc(S(=O)(=O)O)cc1. The van der Waals surface area contributed by atoms with Crippen molar-refractivity contribution in [2.24, 2.45) is 11.8 Å². The Morgan fingerprint density at radius 1 is 0.958 bits per heavy atom. The Bertz CT molecular complexity index is 679. The fourth-order valence-electron chi connectivity index (χ4n) is 2.83. The van der Waals surface area contributed by atoms with Crippen molar-refractivity contribution in [1.29, 1.82) is 0 Å². The minimum atomic E-state index is -4.29. The van der Waals surface area contributed by atoms with Gasteiger partial charge in [0.1, 0.15) is 0 Å². The predicted octanol–water partition coefficient (Wildman–Crippen LogP) is 2.63. The molecule has 134 valence electrons. The molecule has 7 nitrogen and oxygen atoms in total. The first-order chi connectivity index (χ1) is 11.1. The van der Waals surface area contributed by atoms with Crippen molar-refractivity contribution in [3.63, 3.8) is 0 Å². The molecule has 3 N–H and O–H groups in total. The van der Waals surface area contributed by atoms with Crippen LogP contribution in [0.5, 0.6) is 0 Å². The van der Waals surface area contributed by atoms with Crippen LogP contribution < -0.4 is 0 Å². The maximum atomic E-state index is 11.5. The lowest BCUT2D eigenvalue weighted by Gasteiger charge is -2.24. The highest BCUT2D eigenvalue weighted by atomic mass is 32.2. The fraction of sp³-hybridized carbons (Fsp3) is 0.500. The van der Waals surface area contributed by atoms with Crippen molar-refractivity contribution in [3.8, 4) is 0 Å². The van der Waals surface area contributed by atoms with E-state index in [1.54, 1.807) is 6.92 Å². The third-order valence-corrected chi connectivity index (χ3v) is 5.11. The van der Waals surface area contributed by atoms with Gasteiger partial charge in [-0.15, -0.1) is 0 Å². The van der Waals surface area contributed by atoms with E-state index in [0.717, 1.165) is 0 Å². The summed E-state index contributed by atoms with van der Waals surface area (Å²) in [5, 5.41) is 18.6. The summed E-state index contributed by atoms with van der Waals surface area (Å²) >= 11 is 0. The molecule has 24 heavy (non-hydrogen) atoms. The van der Waals surface area contributed by atoms with Crippen LogP contribution in [0.2, 0.25) is 0 Å². The third-order valence-electron chi connectivity index (χ3n) is 4.24. The summed E-state index contributed by atoms with van der Waals surface area (Å²) in [6.45, 7) is 3.48. The second-order valence-electron chi connectivity index (χ2n) is 5.68. The lowest BCUT2D eigenvalue weighted by Crippen LogP contribution is -2.30. The zero-order valence-electron chi connectivity index (χ0n) is 13.5. The van der Waals surface area contributed by atoms with Crippen LogP contribution in [0.4, 0.5) is 0 Å². The summed E-state index contributed by atoms with van der Waals surface area (Å²) in [6.07, 6.45) is 0.928. The van der Waals surface area contributed by atoms with Gasteiger partial charge in [-0.1, -0.05) is 26.0 Å². The summed E-state index contributed by atoms with van der Waals surface area (Å²) in [4.78, 5) is 22.5. The molecule has 1 aromatic carbocycles. The highest BCUT2D eigenvalue weighted by molar-refractivity contribution is 7.85.